The first-order valence-electron chi connectivity index (χ1n) is 12.3. The van der Waals surface area contributed by atoms with Gasteiger partial charge in [0.25, 0.3) is 20.2 Å². The van der Waals surface area contributed by atoms with Gasteiger partial charge in [0.05, 0.1) is 16.9 Å². The molecule has 0 aliphatic heterocycles. The molecule has 0 radical (unpaired) electrons. The van der Waals surface area contributed by atoms with Crippen molar-refractivity contribution in [3.8, 4) is 17.2 Å². The minimum absolute atomic E-state index is 0.229. The zero-order valence-electron chi connectivity index (χ0n) is 23.0. The Morgan fingerprint density at radius 2 is 1.05 bits per heavy atom. The Labute approximate surface area is 245 Å². The summed E-state index contributed by atoms with van der Waals surface area (Å²) in [6.07, 6.45) is 0. The highest BCUT2D eigenvalue weighted by atomic mass is 32.2. The van der Waals surface area contributed by atoms with Gasteiger partial charge in [-0.3, -0.25) is 9.11 Å². The Bertz CT molecular complexity index is 1960. The Morgan fingerprint density at radius 3 is 1.50 bits per heavy atom. The highest BCUT2D eigenvalue weighted by Crippen LogP contribution is 2.36. The molecule has 4 aromatic rings. The first kappa shape index (κ1) is 31.2. The van der Waals surface area contributed by atoms with Crippen molar-refractivity contribution in [2.45, 2.75) is 45.8 Å². The van der Waals surface area contributed by atoms with Gasteiger partial charge in [0.15, 0.2) is 0 Å². The normalized spacial score (nSPS) is 12.6. The minimum Gasteiger partial charge on any atom is -0.495 e. The molecule has 4 rings (SSSR count). The number of benzene rings is 4. The minimum atomic E-state index is -4.98. The van der Waals surface area contributed by atoms with Gasteiger partial charge in [-0.25, -0.2) is 8.42 Å². The zero-order chi connectivity index (χ0) is 31.1. The molecule has 0 aliphatic carbocycles. The van der Waals surface area contributed by atoms with E-state index in [9.17, 15) is 34.4 Å². The maximum absolute atomic E-state index is 13.3. The quantitative estimate of drug-likeness (QED) is 0.227. The lowest BCUT2D eigenvalue weighted by atomic mass is 9.78. The lowest BCUT2D eigenvalue weighted by Crippen LogP contribution is -2.18. The number of rotatable bonds is 9. The smallest absolute Gasteiger partial charge is 0.298 e. The summed E-state index contributed by atoms with van der Waals surface area (Å²) >= 11 is 0. The number of ether oxygens (including phenoxy) is 2. The molecule has 0 amide bonds. The number of hydrogen-bond donors (Lipinski definition) is 2. The molecule has 0 saturated heterocycles. The van der Waals surface area contributed by atoms with Crippen LogP contribution in [0.1, 0.15) is 30.5 Å². The predicted octanol–water partition coefficient (Wildman–Crippen LogP) is 5.45. The third kappa shape index (κ3) is 6.35. The van der Waals surface area contributed by atoms with Gasteiger partial charge in [-0.05, 0) is 66.6 Å². The summed E-state index contributed by atoms with van der Waals surface area (Å²) in [5, 5.41) is 0. The summed E-state index contributed by atoms with van der Waals surface area (Å²) in [5.41, 5.74) is 2.84. The predicted molar refractivity (Wildman–Crippen MR) is 154 cm³/mol. The fourth-order valence-electron chi connectivity index (χ4n) is 4.31. The summed E-state index contributed by atoms with van der Waals surface area (Å²) in [7, 11) is -13.2. The molecule has 0 aromatic heterocycles. The Balaban J connectivity index is 1.70. The molecular formula is C29H28O10S3. The molecular weight excluding hydrogens is 605 g/mol. The van der Waals surface area contributed by atoms with Crippen molar-refractivity contribution in [2.75, 3.05) is 7.11 Å². The molecule has 4 aromatic carbocycles. The van der Waals surface area contributed by atoms with Crippen molar-refractivity contribution in [3.05, 3.63) is 102 Å². The summed E-state index contributed by atoms with van der Waals surface area (Å²) in [6, 6.07) is 20.6. The van der Waals surface area contributed by atoms with Gasteiger partial charge < -0.3 is 9.47 Å². The van der Waals surface area contributed by atoms with Crippen LogP contribution in [0.25, 0.3) is 0 Å². The van der Waals surface area contributed by atoms with Crippen LogP contribution in [0, 0.1) is 6.92 Å². The van der Waals surface area contributed by atoms with Crippen molar-refractivity contribution in [2.24, 2.45) is 0 Å². The summed E-state index contributed by atoms with van der Waals surface area (Å²) in [6.45, 7) is 6.13. The van der Waals surface area contributed by atoms with Gasteiger partial charge in [0.2, 0.25) is 9.84 Å². The summed E-state index contributed by atoms with van der Waals surface area (Å²) < 4.78 is 105. The second-order valence-electron chi connectivity index (χ2n) is 9.99. The standard InChI is InChI=1S/C29H28O10S3/c1-19-5-7-20(8-6-19)29(2,3)21-9-11-22(12-10-21)39-26-16-14-24(18-28(26)42(35,36)37)40(30,31)23-13-15-25(38-4)27(17-23)41(32,33)34/h5-18H,1-4H3,(H,32,33,34)(H,35,36,37). The zero-order valence-corrected chi connectivity index (χ0v) is 25.4. The molecule has 10 nitrogen and oxygen atoms in total. The topological polar surface area (TPSA) is 161 Å². The monoisotopic (exact) mass is 632 g/mol. The van der Waals surface area contributed by atoms with Crippen molar-refractivity contribution in [1.82, 2.24) is 0 Å². The van der Waals surface area contributed by atoms with E-state index in [1.807, 2.05) is 43.3 Å². The Kier molecular flexibility index (Phi) is 8.28. The van der Waals surface area contributed by atoms with E-state index in [2.05, 4.69) is 13.8 Å². The number of methoxy groups -OCH3 is 1. The van der Waals surface area contributed by atoms with Crippen LogP contribution in [-0.4, -0.2) is 41.5 Å². The van der Waals surface area contributed by atoms with E-state index in [0.717, 1.165) is 48.1 Å². The van der Waals surface area contributed by atoms with Crippen LogP contribution in [0.4, 0.5) is 0 Å². The maximum Gasteiger partial charge on any atom is 0.298 e. The fourth-order valence-corrected chi connectivity index (χ4v) is 7.09. The molecule has 0 atom stereocenters. The SMILES string of the molecule is COc1ccc(S(=O)(=O)c2ccc(Oc3ccc(C(C)(C)c4ccc(C)cc4)cc3)c(S(=O)(=O)O)c2)cc1S(=O)(=O)O. The Hall–Kier alpha value is -3.75. The van der Waals surface area contributed by atoms with E-state index in [4.69, 9.17) is 9.47 Å². The maximum atomic E-state index is 13.3. The second-order valence-corrected chi connectivity index (χ2v) is 14.7. The van der Waals surface area contributed by atoms with Crippen molar-refractivity contribution >= 4 is 30.1 Å². The lowest BCUT2D eigenvalue weighted by molar-refractivity contribution is 0.397. The molecule has 13 heteroatoms. The number of hydrogen-bond acceptors (Lipinski definition) is 8. The van der Waals surface area contributed by atoms with Crippen molar-refractivity contribution in [3.63, 3.8) is 0 Å². The largest absolute Gasteiger partial charge is 0.495 e. The van der Waals surface area contributed by atoms with Crippen LogP contribution < -0.4 is 9.47 Å². The van der Waals surface area contributed by atoms with Gasteiger partial charge in [-0.15, -0.1) is 0 Å². The third-order valence-electron chi connectivity index (χ3n) is 6.80. The average Bonchev–Trinajstić information content (AvgIpc) is 2.92. The molecule has 0 heterocycles. The Morgan fingerprint density at radius 1 is 0.619 bits per heavy atom. The fraction of sp³-hybridized carbons (Fsp3) is 0.172. The molecule has 42 heavy (non-hydrogen) atoms. The van der Waals surface area contributed by atoms with Crippen LogP contribution in [0.3, 0.4) is 0 Å². The molecule has 2 N–H and O–H groups in total. The van der Waals surface area contributed by atoms with E-state index >= 15 is 0 Å². The van der Waals surface area contributed by atoms with E-state index in [0.29, 0.717) is 12.1 Å². The van der Waals surface area contributed by atoms with Crippen LogP contribution in [0.15, 0.2) is 105 Å². The van der Waals surface area contributed by atoms with Crippen molar-refractivity contribution in [1.29, 1.82) is 0 Å². The highest BCUT2D eigenvalue weighted by molar-refractivity contribution is 7.91. The molecule has 0 aliphatic rings. The van der Waals surface area contributed by atoms with Gasteiger partial charge in [-0.2, -0.15) is 16.8 Å². The number of sulfone groups is 1. The molecule has 0 unspecified atom stereocenters. The highest BCUT2D eigenvalue weighted by Gasteiger charge is 2.28. The lowest BCUT2D eigenvalue weighted by Gasteiger charge is -2.26. The number of aryl methyl sites for hydroxylation is 1. The molecule has 0 fully saturated rings. The summed E-state index contributed by atoms with van der Waals surface area (Å²) in [5.74, 6) is -0.408. The van der Waals surface area contributed by atoms with Crippen LogP contribution in [0.5, 0.6) is 17.2 Å². The van der Waals surface area contributed by atoms with Crippen LogP contribution >= 0.6 is 0 Å². The van der Waals surface area contributed by atoms with Crippen LogP contribution in [-0.2, 0) is 35.5 Å². The van der Waals surface area contributed by atoms with Crippen molar-refractivity contribution < 1.29 is 43.8 Å². The molecule has 222 valence electrons. The van der Waals surface area contributed by atoms with E-state index in [1.54, 1.807) is 12.1 Å². The van der Waals surface area contributed by atoms with Gasteiger partial charge in [0.1, 0.15) is 27.0 Å². The first-order valence-corrected chi connectivity index (χ1v) is 16.7. The summed E-state index contributed by atoms with van der Waals surface area (Å²) in [4.78, 5) is -2.77. The molecule has 0 saturated carbocycles. The average molecular weight is 633 g/mol. The van der Waals surface area contributed by atoms with Gasteiger partial charge in [0, 0.05) is 5.41 Å². The second kappa shape index (κ2) is 11.2. The first-order chi connectivity index (χ1) is 19.4. The van der Waals surface area contributed by atoms with Gasteiger partial charge in [-0.1, -0.05) is 55.8 Å². The van der Waals surface area contributed by atoms with E-state index < -0.39 is 49.7 Å². The van der Waals surface area contributed by atoms with E-state index in [-0.39, 0.29) is 22.7 Å². The van der Waals surface area contributed by atoms with Crippen LogP contribution in [0.2, 0.25) is 0 Å². The molecule has 0 bridgehead atoms. The molecule has 0 spiro atoms. The van der Waals surface area contributed by atoms with Gasteiger partial charge >= 0.3 is 0 Å². The third-order valence-corrected chi connectivity index (χ3v) is 10.3. The van der Waals surface area contributed by atoms with E-state index in [1.165, 1.54) is 0 Å².